The third kappa shape index (κ3) is 5.98. The maximum absolute atomic E-state index is 14.6. The van der Waals surface area contributed by atoms with Crippen LogP contribution in [0.25, 0.3) is 0 Å². The number of hydrogen-bond acceptors (Lipinski definition) is 6. The fourth-order valence-electron chi connectivity index (χ4n) is 9.97. The van der Waals surface area contributed by atoms with E-state index in [1.54, 1.807) is 0 Å². The first kappa shape index (κ1) is 31.6. The van der Waals surface area contributed by atoms with E-state index in [0.29, 0.717) is 42.8 Å². The number of rotatable bonds is 3. The Morgan fingerprint density at radius 2 is 1.86 bits per heavy atom. The van der Waals surface area contributed by atoms with Crippen LogP contribution in [0.2, 0.25) is 0 Å². The Hall–Kier alpha value is -1.39. The molecule has 6 aliphatic rings. The summed E-state index contributed by atoms with van der Waals surface area (Å²) >= 11 is 7.21. The largest absolute Gasteiger partial charge is 0.336 e. The zero-order chi connectivity index (χ0) is 30.4. The maximum Gasteiger partial charge on any atom is 0.320 e. The lowest BCUT2D eigenvalue weighted by atomic mass is 9.69. The first-order valence-electron chi connectivity index (χ1n) is 17.3. The summed E-state index contributed by atoms with van der Waals surface area (Å²) in [7, 11) is 0. The van der Waals surface area contributed by atoms with Gasteiger partial charge in [-0.05, 0) is 82.4 Å². The van der Waals surface area contributed by atoms with Crippen molar-refractivity contribution < 1.29 is 9.59 Å². The van der Waals surface area contributed by atoms with Crippen molar-refractivity contribution in [1.82, 2.24) is 36.0 Å². The Morgan fingerprint density at radius 1 is 1.05 bits per heavy atom. The molecule has 0 aromatic carbocycles. The van der Waals surface area contributed by atoms with E-state index in [-0.39, 0.29) is 59.7 Å². The summed E-state index contributed by atoms with van der Waals surface area (Å²) in [6.07, 6.45) is 9.10. The Kier molecular flexibility index (Phi) is 9.66. The van der Waals surface area contributed by atoms with Crippen LogP contribution in [-0.2, 0) is 4.79 Å². The molecule has 9 nitrogen and oxygen atoms in total. The van der Waals surface area contributed by atoms with Gasteiger partial charge in [-0.1, -0.05) is 33.8 Å². The van der Waals surface area contributed by atoms with Gasteiger partial charge in [0.2, 0.25) is 5.91 Å². The zero-order valence-corrected chi connectivity index (χ0v) is 27.6. The van der Waals surface area contributed by atoms with Gasteiger partial charge in [0.25, 0.3) is 0 Å². The van der Waals surface area contributed by atoms with E-state index in [9.17, 15) is 9.59 Å². The summed E-state index contributed by atoms with van der Waals surface area (Å²) in [5.74, 6) is 1.87. The van der Waals surface area contributed by atoms with Crippen molar-refractivity contribution in [3.05, 3.63) is 12.7 Å². The fourth-order valence-corrected chi connectivity index (χ4v) is 10.5. The lowest BCUT2D eigenvalue weighted by Crippen LogP contribution is -2.79. The number of alkyl halides is 1. The average molecular weight is 618 g/mol. The van der Waals surface area contributed by atoms with Crippen molar-refractivity contribution in [2.75, 3.05) is 32.7 Å². The van der Waals surface area contributed by atoms with Gasteiger partial charge in [-0.25, -0.2) is 4.79 Å². The molecule has 5 heterocycles. The standard InChI is InChI=1S/C33H56ClN7O2/c1-6-26(42)39-15-16-40(21(5)18-39)31-23-17-20(4)29-27-24(34)10-7-11-25(27)35-13-8-9-22-12-14-36-28(19(2)3)30(22)41(32(23)37-29)33(43)38-31/h6,19-25,27-32,35-37H,1,7-18H2,2-5H3,(H,38,43). The highest BCUT2D eigenvalue weighted by Gasteiger charge is 2.56. The number of piperidine rings is 2. The first-order valence-corrected chi connectivity index (χ1v) is 17.8. The second-order valence-corrected chi connectivity index (χ2v) is 15.4. The molecule has 12 atom stereocenters. The van der Waals surface area contributed by atoms with Gasteiger partial charge in [0.1, 0.15) is 0 Å². The van der Waals surface area contributed by atoms with Crippen molar-refractivity contribution >= 4 is 23.5 Å². The van der Waals surface area contributed by atoms with E-state index in [0.717, 1.165) is 51.7 Å². The highest BCUT2D eigenvalue weighted by Crippen LogP contribution is 2.44. The second kappa shape index (κ2) is 13.1. The molecule has 6 rings (SSSR count). The molecule has 5 aliphatic heterocycles. The predicted molar refractivity (Wildman–Crippen MR) is 172 cm³/mol. The lowest BCUT2D eigenvalue weighted by molar-refractivity contribution is -0.131. The van der Waals surface area contributed by atoms with E-state index >= 15 is 0 Å². The topological polar surface area (TPSA) is 92.0 Å². The molecule has 6 fully saturated rings. The molecule has 3 amide bonds. The second-order valence-electron chi connectivity index (χ2n) is 14.9. The molecule has 43 heavy (non-hydrogen) atoms. The molecular weight excluding hydrogens is 562 g/mol. The van der Waals surface area contributed by atoms with Gasteiger partial charge in [-0.3, -0.25) is 15.0 Å². The Labute approximate surface area is 264 Å². The number of urea groups is 1. The van der Waals surface area contributed by atoms with Crippen LogP contribution in [-0.4, -0.2) is 107 Å². The molecule has 242 valence electrons. The molecule has 0 aromatic heterocycles. The summed E-state index contributed by atoms with van der Waals surface area (Å²) in [6.45, 7) is 17.0. The van der Waals surface area contributed by atoms with E-state index in [2.05, 4.69) is 65.3 Å². The molecule has 1 saturated carbocycles. The van der Waals surface area contributed by atoms with Crippen molar-refractivity contribution in [1.29, 1.82) is 0 Å². The molecule has 2 bridgehead atoms. The number of nitrogens with zero attached hydrogens (tertiary/aromatic N) is 3. The SMILES string of the molecule is C=CC(=O)N1CCN(C2NC(=O)N3C4NC(C(C)CC24)C2C(Cl)CCCC2NCCCC2CCNC(C(C)C)C23)C(C)C1. The smallest absolute Gasteiger partial charge is 0.320 e. The summed E-state index contributed by atoms with van der Waals surface area (Å²) in [5, 5.41) is 15.7. The Morgan fingerprint density at radius 3 is 2.60 bits per heavy atom. The number of halogens is 1. The van der Waals surface area contributed by atoms with Gasteiger partial charge >= 0.3 is 6.03 Å². The van der Waals surface area contributed by atoms with E-state index in [4.69, 9.17) is 11.6 Å². The molecule has 0 radical (unpaired) electrons. The van der Waals surface area contributed by atoms with Crippen LogP contribution in [0.1, 0.15) is 72.6 Å². The number of carbonyl (C=O) groups is 2. The molecular formula is C33H56ClN7O2. The number of fused-ring (bicyclic) bond motifs is 5. The molecule has 0 spiro atoms. The fraction of sp³-hybridized carbons (Fsp3) is 0.879. The van der Waals surface area contributed by atoms with Gasteiger partial charge in [-0.2, -0.15) is 0 Å². The van der Waals surface area contributed by atoms with E-state index in [1.165, 1.54) is 18.9 Å². The van der Waals surface area contributed by atoms with Crippen LogP contribution in [0.4, 0.5) is 4.79 Å². The van der Waals surface area contributed by atoms with E-state index in [1.807, 2.05) is 4.90 Å². The summed E-state index contributed by atoms with van der Waals surface area (Å²) in [5.41, 5.74) is 0. The van der Waals surface area contributed by atoms with Crippen LogP contribution in [0.3, 0.4) is 0 Å². The zero-order valence-electron chi connectivity index (χ0n) is 26.8. The minimum atomic E-state index is -0.0758. The summed E-state index contributed by atoms with van der Waals surface area (Å²) in [6, 6.07) is 1.26. The lowest BCUT2D eigenvalue weighted by Gasteiger charge is -2.61. The average Bonchev–Trinajstić information content (AvgIpc) is 2.98. The number of carbonyl (C=O) groups excluding carboxylic acids is 2. The number of hydrogen-bond donors (Lipinski definition) is 4. The molecule has 0 aromatic rings. The highest BCUT2D eigenvalue weighted by molar-refractivity contribution is 6.20. The van der Waals surface area contributed by atoms with Gasteiger partial charge < -0.3 is 25.8 Å². The molecule has 4 N–H and O–H groups in total. The van der Waals surface area contributed by atoms with Crippen molar-refractivity contribution in [2.24, 2.45) is 29.6 Å². The van der Waals surface area contributed by atoms with Gasteiger partial charge in [0, 0.05) is 61.0 Å². The highest BCUT2D eigenvalue weighted by atomic mass is 35.5. The van der Waals surface area contributed by atoms with Crippen LogP contribution >= 0.6 is 11.6 Å². The minimum absolute atomic E-state index is 0.0117. The molecule has 12 unspecified atom stereocenters. The van der Waals surface area contributed by atoms with Crippen molar-refractivity contribution in [3.8, 4) is 0 Å². The summed E-state index contributed by atoms with van der Waals surface area (Å²) < 4.78 is 0. The van der Waals surface area contributed by atoms with Crippen LogP contribution in [0.5, 0.6) is 0 Å². The molecule has 1 aliphatic carbocycles. The number of nitrogens with one attached hydrogen (secondary N) is 4. The molecule has 10 heteroatoms. The van der Waals surface area contributed by atoms with E-state index < -0.39 is 0 Å². The monoisotopic (exact) mass is 617 g/mol. The third-order valence-corrected chi connectivity index (χ3v) is 12.5. The van der Waals surface area contributed by atoms with Gasteiger partial charge in [0.05, 0.1) is 18.4 Å². The van der Waals surface area contributed by atoms with Crippen molar-refractivity contribution in [2.45, 2.75) is 121 Å². The molecule has 5 saturated heterocycles. The third-order valence-electron chi connectivity index (χ3n) is 12.0. The van der Waals surface area contributed by atoms with Gasteiger partial charge in [0.15, 0.2) is 0 Å². The van der Waals surface area contributed by atoms with Gasteiger partial charge in [-0.15, -0.1) is 11.6 Å². The predicted octanol–water partition coefficient (Wildman–Crippen LogP) is 3.16. The van der Waals surface area contributed by atoms with Crippen molar-refractivity contribution in [3.63, 3.8) is 0 Å². The minimum Gasteiger partial charge on any atom is -0.336 e. The Balaban J connectivity index is 1.37. The van der Waals surface area contributed by atoms with Crippen LogP contribution < -0.4 is 21.3 Å². The Bertz CT molecular complexity index is 1030. The van der Waals surface area contributed by atoms with Crippen LogP contribution in [0, 0.1) is 29.6 Å². The number of piperazine rings is 1. The maximum atomic E-state index is 14.6. The normalized spacial score (nSPS) is 44.4. The summed E-state index contributed by atoms with van der Waals surface area (Å²) in [4.78, 5) is 33.6. The first-order chi connectivity index (χ1) is 20.7. The quantitative estimate of drug-likeness (QED) is 0.287. The number of amides is 3. The van der Waals surface area contributed by atoms with Crippen LogP contribution in [0.15, 0.2) is 12.7 Å².